The Bertz CT molecular complexity index is 294. The van der Waals surface area contributed by atoms with Gasteiger partial charge in [0.05, 0.1) is 6.42 Å². The normalized spacial score (nSPS) is 12.8. The van der Waals surface area contributed by atoms with E-state index in [9.17, 15) is 4.79 Å². The van der Waals surface area contributed by atoms with Crippen molar-refractivity contribution in [2.45, 2.75) is 32.7 Å². The summed E-state index contributed by atoms with van der Waals surface area (Å²) < 4.78 is 1.91. The van der Waals surface area contributed by atoms with Crippen LogP contribution in [0, 0.1) is 0 Å². The molecule has 0 amide bonds. The fraction of sp³-hybridized carbons (Fsp3) is 0.556. The van der Waals surface area contributed by atoms with Crippen LogP contribution in [-0.2, 0) is 11.2 Å². The van der Waals surface area contributed by atoms with Crippen molar-refractivity contribution < 1.29 is 9.90 Å². The molecular weight excluding hydrogens is 168 g/mol. The molecule has 0 spiro atoms. The number of carboxylic acids is 1. The maximum atomic E-state index is 10.5. The Labute approximate surface area is 77.2 Å². The van der Waals surface area contributed by atoms with Crippen LogP contribution in [-0.4, -0.2) is 20.6 Å². The van der Waals surface area contributed by atoms with Gasteiger partial charge in [0.25, 0.3) is 0 Å². The third-order valence-corrected chi connectivity index (χ3v) is 2.01. The van der Waals surface area contributed by atoms with Gasteiger partial charge in [-0.2, -0.15) is 0 Å². The van der Waals surface area contributed by atoms with E-state index in [0.29, 0.717) is 0 Å². The molecule has 1 N–H and O–H groups in total. The molecule has 0 unspecified atom stereocenters. The summed E-state index contributed by atoms with van der Waals surface area (Å²) in [5, 5.41) is 8.61. The number of rotatable bonds is 4. The molecule has 0 aliphatic carbocycles. The second kappa shape index (κ2) is 4.07. The fourth-order valence-electron chi connectivity index (χ4n) is 1.37. The zero-order valence-corrected chi connectivity index (χ0v) is 7.90. The largest absolute Gasteiger partial charge is 0.481 e. The zero-order chi connectivity index (χ0) is 9.84. The second-order valence-electron chi connectivity index (χ2n) is 3.05. The summed E-state index contributed by atoms with van der Waals surface area (Å²) in [5.74, 6) is 0.164. The van der Waals surface area contributed by atoms with Gasteiger partial charge in [0.1, 0.15) is 5.82 Å². The molecule has 1 aromatic rings. The standard InChI is InChI=1S/C9H14N2O2/c1-3-8-10-4-5-11(8)7(2)6-9(12)13/h4-5,7H,3,6H2,1-2H3,(H,12,13)/t7-/m0/s1. The number of aromatic nitrogens is 2. The van der Waals surface area contributed by atoms with Gasteiger partial charge in [-0.05, 0) is 6.92 Å². The van der Waals surface area contributed by atoms with E-state index in [0.717, 1.165) is 12.2 Å². The summed E-state index contributed by atoms with van der Waals surface area (Å²) in [4.78, 5) is 14.6. The van der Waals surface area contributed by atoms with Crippen molar-refractivity contribution in [3.63, 3.8) is 0 Å². The van der Waals surface area contributed by atoms with Gasteiger partial charge >= 0.3 is 5.97 Å². The third-order valence-electron chi connectivity index (χ3n) is 2.01. The molecule has 0 radical (unpaired) electrons. The van der Waals surface area contributed by atoms with Crippen LogP contribution in [0.1, 0.15) is 32.1 Å². The Balaban J connectivity index is 2.75. The van der Waals surface area contributed by atoms with Crippen molar-refractivity contribution in [1.82, 2.24) is 9.55 Å². The topological polar surface area (TPSA) is 55.1 Å². The lowest BCUT2D eigenvalue weighted by atomic mass is 10.2. The first kappa shape index (κ1) is 9.77. The fourth-order valence-corrected chi connectivity index (χ4v) is 1.37. The summed E-state index contributed by atoms with van der Waals surface area (Å²) in [7, 11) is 0. The zero-order valence-electron chi connectivity index (χ0n) is 7.90. The van der Waals surface area contributed by atoms with Gasteiger partial charge < -0.3 is 9.67 Å². The van der Waals surface area contributed by atoms with Crippen molar-refractivity contribution in [3.05, 3.63) is 18.2 Å². The van der Waals surface area contributed by atoms with E-state index in [1.54, 1.807) is 6.20 Å². The van der Waals surface area contributed by atoms with Crippen LogP contribution >= 0.6 is 0 Å². The lowest BCUT2D eigenvalue weighted by Crippen LogP contribution is -2.12. The average molecular weight is 182 g/mol. The summed E-state index contributed by atoms with van der Waals surface area (Å²) in [6.45, 7) is 3.89. The smallest absolute Gasteiger partial charge is 0.305 e. The third kappa shape index (κ3) is 2.31. The van der Waals surface area contributed by atoms with E-state index in [1.165, 1.54) is 0 Å². The number of aryl methyl sites for hydroxylation is 1. The summed E-state index contributed by atoms with van der Waals surface area (Å²) in [6, 6.07) is -0.0186. The molecule has 0 aliphatic rings. The van der Waals surface area contributed by atoms with E-state index in [4.69, 9.17) is 5.11 Å². The molecule has 0 aromatic carbocycles. The first-order chi connectivity index (χ1) is 6.15. The molecule has 1 aromatic heterocycles. The number of aliphatic carboxylic acids is 1. The van der Waals surface area contributed by atoms with Crippen molar-refractivity contribution in [3.8, 4) is 0 Å². The van der Waals surface area contributed by atoms with E-state index in [1.807, 2.05) is 24.6 Å². The van der Waals surface area contributed by atoms with Crippen LogP contribution in [0.4, 0.5) is 0 Å². The highest BCUT2D eigenvalue weighted by molar-refractivity contribution is 5.67. The Morgan fingerprint density at radius 1 is 1.77 bits per heavy atom. The summed E-state index contributed by atoms with van der Waals surface area (Å²) in [5.41, 5.74) is 0. The molecule has 1 rings (SSSR count). The molecule has 0 saturated carbocycles. The molecule has 0 fully saturated rings. The van der Waals surface area contributed by atoms with Crippen LogP contribution in [0.2, 0.25) is 0 Å². The van der Waals surface area contributed by atoms with Crippen molar-refractivity contribution in [1.29, 1.82) is 0 Å². The molecule has 4 nitrogen and oxygen atoms in total. The highest BCUT2D eigenvalue weighted by Gasteiger charge is 2.11. The quantitative estimate of drug-likeness (QED) is 0.767. The van der Waals surface area contributed by atoms with Crippen molar-refractivity contribution >= 4 is 5.97 Å². The molecule has 1 atom stereocenters. The van der Waals surface area contributed by atoms with Gasteiger partial charge in [-0.25, -0.2) is 4.98 Å². The van der Waals surface area contributed by atoms with E-state index >= 15 is 0 Å². The lowest BCUT2D eigenvalue weighted by molar-refractivity contribution is -0.137. The van der Waals surface area contributed by atoms with Crippen LogP contribution in [0.5, 0.6) is 0 Å². The minimum Gasteiger partial charge on any atom is -0.481 e. The number of hydrogen-bond donors (Lipinski definition) is 1. The maximum absolute atomic E-state index is 10.5. The van der Waals surface area contributed by atoms with Crippen LogP contribution in [0.3, 0.4) is 0 Å². The first-order valence-corrected chi connectivity index (χ1v) is 4.38. The van der Waals surface area contributed by atoms with E-state index in [-0.39, 0.29) is 12.5 Å². The van der Waals surface area contributed by atoms with Crippen LogP contribution in [0.25, 0.3) is 0 Å². The van der Waals surface area contributed by atoms with Crippen LogP contribution < -0.4 is 0 Å². The number of carbonyl (C=O) groups is 1. The molecule has 4 heteroatoms. The predicted octanol–water partition coefficient (Wildman–Crippen LogP) is 1.48. The van der Waals surface area contributed by atoms with E-state index in [2.05, 4.69) is 4.98 Å². The Kier molecular flexibility index (Phi) is 3.06. The number of carboxylic acid groups (broad SMARTS) is 1. The van der Waals surface area contributed by atoms with Gasteiger partial charge in [0.15, 0.2) is 0 Å². The van der Waals surface area contributed by atoms with Gasteiger partial charge in [-0.15, -0.1) is 0 Å². The van der Waals surface area contributed by atoms with E-state index < -0.39 is 5.97 Å². The first-order valence-electron chi connectivity index (χ1n) is 4.38. The highest BCUT2D eigenvalue weighted by atomic mass is 16.4. The molecule has 0 saturated heterocycles. The lowest BCUT2D eigenvalue weighted by Gasteiger charge is -2.13. The molecule has 0 bridgehead atoms. The van der Waals surface area contributed by atoms with Gasteiger partial charge in [0.2, 0.25) is 0 Å². The monoisotopic (exact) mass is 182 g/mol. The number of imidazole rings is 1. The SMILES string of the molecule is CCc1nccn1[C@@H](C)CC(=O)O. The highest BCUT2D eigenvalue weighted by Crippen LogP contribution is 2.13. The molecule has 1 heterocycles. The van der Waals surface area contributed by atoms with Crippen LogP contribution in [0.15, 0.2) is 12.4 Å². The van der Waals surface area contributed by atoms with Crippen molar-refractivity contribution in [2.75, 3.05) is 0 Å². The Morgan fingerprint density at radius 2 is 2.46 bits per heavy atom. The number of nitrogens with zero attached hydrogens (tertiary/aromatic N) is 2. The summed E-state index contributed by atoms with van der Waals surface area (Å²) >= 11 is 0. The minimum absolute atomic E-state index is 0.0186. The minimum atomic E-state index is -0.775. The maximum Gasteiger partial charge on any atom is 0.305 e. The Hall–Kier alpha value is -1.32. The predicted molar refractivity (Wildman–Crippen MR) is 48.6 cm³/mol. The second-order valence-corrected chi connectivity index (χ2v) is 3.05. The van der Waals surface area contributed by atoms with Gasteiger partial charge in [0, 0.05) is 24.9 Å². The summed E-state index contributed by atoms with van der Waals surface area (Å²) in [6.07, 6.45) is 4.50. The van der Waals surface area contributed by atoms with Gasteiger partial charge in [-0.1, -0.05) is 6.92 Å². The van der Waals surface area contributed by atoms with Gasteiger partial charge in [-0.3, -0.25) is 4.79 Å². The average Bonchev–Trinajstić information content (AvgIpc) is 2.49. The molecular formula is C9H14N2O2. The molecule has 72 valence electrons. The Morgan fingerprint density at radius 3 is 3.00 bits per heavy atom. The molecule has 0 aliphatic heterocycles. The van der Waals surface area contributed by atoms with Crippen molar-refractivity contribution in [2.24, 2.45) is 0 Å². The number of hydrogen-bond acceptors (Lipinski definition) is 2. The molecule has 13 heavy (non-hydrogen) atoms.